The molecular formula is C25H24N4O6. The third-order valence-electron chi connectivity index (χ3n) is 5.76. The summed E-state index contributed by atoms with van der Waals surface area (Å²) < 4.78 is 5.47. The first-order valence-corrected chi connectivity index (χ1v) is 10.9. The van der Waals surface area contributed by atoms with Crippen LogP contribution in [0.25, 0.3) is 11.1 Å². The molecule has 0 fully saturated rings. The lowest BCUT2D eigenvalue weighted by molar-refractivity contribution is -0.155. The van der Waals surface area contributed by atoms with Crippen LogP contribution < -0.4 is 10.6 Å². The van der Waals surface area contributed by atoms with Crippen molar-refractivity contribution in [3.8, 4) is 11.1 Å². The molecule has 1 unspecified atom stereocenters. The van der Waals surface area contributed by atoms with Crippen LogP contribution >= 0.6 is 0 Å². The number of carbonyl (C=O) groups is 3. The number of amides is 2. The van der Waals surface area contributed by atoms with Crippen LogP contribution in [0.2, 0.25) is 0 Å². The Labute approximate surface area is 201 Å². The molecule has 1 aliphatic carbocycles. The van der Waals surface area contributed by atoms with Gasteiger partial charge in [0, 0.05) is 18.3 Å². The van der Waals surface area contributed by atoms with Gasteiger partial charge in [-0.2, -0.15) is 0 Å². The first-order valence-electron chi connectivity index (χ1n) is 10.9. The van der Waals surface area contributed by atoms with E-state index in [0.29, 0.717) is 0 Å². The number of carboxylic acid groups (broad SMARTS) is 1. The van der Waals surface area contributed by atoms with E-state index in [1.54, 1.807) is 0 Å². The van der Waals surface area contributed by atoms with Gasteiger partial charge in [0.25, 0.3) is 5.91 Å². The Hall–Kier alpha value is -4.31. The van der Waals surface area contributed by atoms with E-state index >= 15 is 0 Å². The zero-order valence-corrected chi connectivity index (χ0v) is 18.9. The molecule has 10 heteroatoms. The lowest BCUT2D eigenvalue weighted by Gasteiger charge is -2.18. The summed E-state index contributed by atoms with van der Waals surface area (Å²) in [5.74, 6) is -1.89. The fourth-order valence-electron chi connectivity index (χ4n) is 3.79. The van der Waals surface area contributed by atoms with Crippen molar-refractivity contribution in [2.75, 3.05) is 13.2 Å². The molecule has 2 amide bonds. The Morgan fingerprint density at radius 2 is 1.54 bits per heavy atom. The van der Waals surface area contributed by atoms with Crippen molar-refractivity contribution in [1.29, 1.82) is 0 Å². The molecule has 3 aromatic rings. The monoisotopic (exact) mass is 476 g/mol. The fraction of sp³-hybridized carbons (Fsp3) is 0.240. The summed E-state index contributed by atoms with van der Waals surface area (Å²) in [7, 11) is 0. The molecule has 2 aromatic carbocycles. The molecule has 1 atom stereocenters. The number of aromatic nitrogens is 2. The fourth-order valence-corrected chi connectivity index (χ4v) is 3.79. The summed E-state index contributed by atoms with van der Waals surface area (Å²) in [5, 5.41) is 23.4. The number of rotatable bonds is 8. The Balaban J connectivity index is 1.28. The number of carbonyl (C=O) groups excluding carboxylic acids is 2. The molecule has 0 spiro atoms. The number of nitrogens with one attached hydrogen (secondary N) is 2. The molecule has 0 radical (unpaired) electrons. The molecule has 4 N–H and O–H groups in total. The van der Waals surface area contributed by atoms with Gasteiger partial charge in [-0.25, -0.2) is 19.6 Å². The van der Waals surface area contributed by atoms with Gasteiger partial charge in [-0.3, -0.25) is 4.79 Å². The number of aliphatic hydroxyl groups is 1. The van der Waals surface area contributed by atoms with E-state index in [2.05, 4.69) is 32.7 Å². The van der Waals surface area contributed by atoms with Crippen molar-refractivity contribution in [3.05, 3.63) is 83.4 Å². The maximum absolute atomic E-state index is 12.3. The van der Waals surface area contributed by atoms with Gasteiger partial charge in [-0.1, -0.05) is 48.5 Å². The number of carboxylic acids is 1. The Morgan fingerprint density at radius 1 is 0.971 bits per heavy atom. The highest BCUT2D eigenvalue weighted by atomic mass is 16.5. The number of nitrogens with zero attached hydrogens (tertiary/aromatic N) is 2. The molecule has 4 rings (SSSR count). The molecule has 1 heterocycles. The maximum Gasteiger partial charge on any atom is 0.407 e. The molecule has 0 saturated carbocycles. The lowest BCUT2D eigenvalue weighted by atomic mass is 9.98. The van der Waals surface area contributed by atoms with Crippen molar-refractivity contribution in [3.63, 3.8) is 0 Å². The SMILES string of the molecule is CC(O)(CNC(=O)c1cnc(CNC(=O)OCC2c3ccccc3-c3ccccc32)nc1)C(=O)O. The van der Waals surface area contributed by atoms with Crippen molar-refractivity contribution in [2.45, 2.75) is 25.0 Å². The Morgan fingerprint density at radius 3 is 2.11 bits per heavy atom. The summed E-state index contributed by atoms with van der Waals surface area (Å²) in [6.07, 6.45) is 1.87. The standard InChI is InChI=1S/C25H24N4O6/c1-25(34,23(31)32)14-29-22(30)15-10-26-21(27-11-15)12-28-24(33)35-13-20-18-8-4-2-6-16(18)17-7-3-5-9-19(17)20/h2-11,20,34H,12-14H2,1H3,(H,28,33)(H,29,30)(H,31,32). The number of fused-ring (bicyclic) bond motifs is 3. The van der Waals surface area contributed by atoms with Crippen LogP contribution in [0.15, 0.2) is 60.9 Å². The first kappa shape index (κ1) is 23.8. The molecule has 0 bridgehead atoms. The van der Waals surface area contributed by atoms with E-state index in [4.69, 9.17) is 9.84 Å². The molecular weight excluding hydrogens is 452 g/mol. The predicted octanol–water partition coefficient (Wildman–Crippen LogP) is 2.08. The quantitative estimate of drug-likeness (QED) is 0.386. The van der Waals surface area contributed by atoms with E-state index in [0.717, 1.165) is 29.2 Å². The minimum atomic E-state index is -2.09. The third-order valence-corrected chi connectivity index (χ3v) is 5.76. The highest BCUT2D eigenvalue weighted by Gasteiger charge is 2.31. The predicted molar refractivity (Wildman–Crippen MR) is 125 cm³/mol. The van der Waals surface area contributed by atoms with Gasteiger partial charge < -0.3 is 25.6 Å². The number of alkyl carbamates (subject to hydrolysis) is 1. The van der Waals surface area contributed by atoms with E-state index < -0.39 is 30.1 Å². The zero-order chi connectivity index (χ0) is 25.0. The second-order valence-electron chi connectivity index (χ2n) is 8.33. The largest absolute Gasteiger partial charge is 0.479 e. The smallest absolute Gasteiger partial charge is 0.407 e. The Kier molecular flexibility index (Phi) is 6.74. The van der Waals surface area contributed by atoms with Crippen molar-refractivity contribution in [1.82, 2.24) is 20.6 Å². The van der Waals surface area contributed by atoms with Crippen LogP contribution in [0.5, 0.6) is 0 Å². The summed E-state index contributed by atoms with van der Waals surface area (Å²) >= 11 is 0. The van der Waals surface area contributed by atoms with Gasteiger partial charge in [0.15, 0.2) is 5.60 Å². The molecule has 0 aliphatic heterocycles. The van der Waals surface area contributed by atoms with Crippen molar-refractivity contribution >= 4 is 18.0 Å². The van der Waals surface area contributed by atoms with Crippen LogP contribution in [-0.2, 0) is 16.1 Å². The Bertz CT molecular complexity index is 1210. The van der Waals surface area contributed by atoms with E-state index in [1.165, 1.54) is 12.4 Å². The van der Waals surface area contributed by atoms with Gasteiger partial charge in [0.2, 0.25) is 0 Å². The maximum atomic E-state index is 12.3. The summed E-state index contributed by atoms with van der Waals surface area (Å²) in [5.41, 5.74) is 2.49. The van der Waals surface area contributed by atoms with Crippen LogP contribution in [0, 0.1) is 0 Å². The number of aliphatic carboxylic acids is 1. The van der Waals surface area contributed by atoms with Gasteiger partial charge in [0.05, 0.1) is 18.7 Å². The minimum absolute atomic E-state index is 0.00764. The molecule has 1 aromatic heterocycles. The van der Waals surface area contributed by atoms with Gasteiger partial charge in [-0.15, -0.1) is 0 Å². The van der Waals surface area contributed by atoms with Gasteiger partial charge in [-0.05, 0) is 29.2 Å². The lowest BCUT2D eigenvalue weighted by Crippen LogP contribution is -2.46. The number of hydrogen-bond acceptors (Lipinski definition) is 7. The molecule has 35 heavy (non-hydrogen) atoms. The zero-order valence-electron chi connectivity index (χ0n) is 18.9. The molecule has 1 aliphatic rings. The van der Waals surface area contributed by atoms with E-state index in [-0.39, 0.29) is 30.5 Å². The summed E-state index contributed by atoms with van der Waals surface area (Å²) in [4.78, 5) is 43.3. The number of hydrogen-bond donors (Lipinski definition) is 4. The molecule has 0 saturated heterocycles. The minimum Gasteiger partial charge on any atom is -0.479 e. The molecule has 180 valence electrons. The average molecular weight is 476 g/mol. The second-order valence-corrected chi connectivity index (χ2v) is 8.33. The number of ether oxygens (including phenoxy) is 1. The number of benzene rings is 2. The topological polar surface area (TPSA) is 151 Å². The normalized spacial score (nSPS) is 13.8. The van der Waals surface area contributed by atoms with Crippen molar-refractivity contribution in [2.24, 2.45) is 0 Å². The van der Waals surface area contributed by atoms with Crippen LogP contribution in [0.1, 0.15) is 40.2 Å². The highest BCUT2D eigenvalue weighted by molar-refractivity contribution is 5.94. The third kappa shape index (κ3) is 5.28. The van der Waals surface area contributed by atoms with Crippen molar-refractivity contribution < 1.29 is 29.3 Å². The molecule has 10 nitrogen and oxygen atoms in total. The van der Waals surface area contributed by atoms with E-state index in [9.17, 15) is 19.5 Å². The summed E-state index contributed by atoms with van der Waals surface area (Å²) in [6, 6.07) is 16.1. The summed E-state index contributed by atoms with van der Waals surface area (Å²) in [6.45, 7) is 0.767. The van der Waals surface area contributed by atoms with Crippen LogP contribution in [-0.4, -0.2) is 56.9 Å². The van der Waals surface area contributed by atoms with E-state index in [1.807, 2.05) is 36.4 Å². The van der Waals surface area contributed by atoms with Gasteiger partial charge >= 0.3 is 12.1 Å². The average Bonchev–Trinajstić information content (AvgIpc) is 3.18. The van der Waals surface area contributed by atoms with Crippen LogP contribution in [0.4, 0.5) is 4.79 Å². The van der Waals surface area contributed by atoms with Crippen LogP contribution in [0.3, 0.4) is 0 Å². The highest BCUT2D eigenvalue weighted by Crippen LogP contribution is 2.44. The first-order chi connectivity index (χ1) is 16.8. The second kappa shape index (κ2) is 9.90. The van der Waals surface area contributed by atoms with Gasteiger partial charge in [0.1, 0.15) is 12.4 Å².